The summed E-state index contributed by atoms with van der Waals surface area (Å²) in [4.78, 5) is 0. The molecular formula is C19H22N2O2S. The molecule has 4 nitrogen and oxygen atoms in total. The summed E-state index contributed by atoms with van der Waals surface area (Å²) < 4.78 is 11.2. The van der Waals surface area contributed by atoms with E-state index in [0.717, 1.165) is 17.2 Å². The van der Waals surface area contributed by atoms with E-state index in [2.05, 4.69) is 17.2 Å². The molecule has 2 aromatic rings. The quantitative estimate of drug-likeness (QED) is 0.560. The lowest BCUT2D eigenvalue weighted by molar-refractivity contribution is 0.287. The Morgan fingerprint density at radius 3 is 2.62 bits per heavy atom. The van der Waals surface area contributed by atoms with Crippen molar-refractivity contribution in [2.45, 2.75) is 13.0 Å². The van der Waals surface area contributed by atoms with Gasteiger partial charge in [0.05, 0.1) is 6.04 Å². The highest BCUT2D eigenvalue weighted by atomic mass is 32.1. The first-order valence-electron chi connectivity index (χ1n) is 7.76. The van der Waals surface area contributed by atoms with Gasteiger partial charge in [0, 0.05) is 11.8 Å². The molecule has 2 N–H and O–H groups in total. The molecule has 0 aliphatic rings. The third-order valence-electron chi connectivity index (χ3n) is 3.08. The predicted molar refractivity (Wildman–Crippen MR) is 103 cm³/mol. The fourth-order valence-corrected chi connectivity index (χ4v) is 2.31. The van der Waals surface area contributed by atoms with Gasteiger partial charge in [-0.05, 0) is 43.4 Å². The molecule has 0 saturated carbocycles. The molecule has 5 heteroatoms. The molecule has 0 amide bonds. The largest absolute Gasteiger partial charge is 0.491 e. The monoisotopic (exact) mass is 342 g/mol. The lowest BCUT2D eigenvalue weighted by atomic mass is 10.3. The summed E-state index contributed by atoms with van der Waals surface area (Å²) in [6.07, 6.45) is 1.71. The second-order valence-corrected chi connectivity index (χ2v) is 5.66. The summed E-state index contributed by atoms with van der Waals surface area (Å²) in [5, 5.41) is 6.89. The van der Waals surface area contributed by atoms with E-state index >= 15 is 0 Å². The molecule has 0 radical (unpaired) electrons. The lowest BCUT2D eigenvalue weighted by Gasteiger charge is -2.18. The Labute approximate surface area is 148 Å². The number of rotatable bonds is 8. The standard InChI is InChI=1S/C19H22N2O2S/c1-3-12-22-18-11-7-8-16(13-18)21-19(24)20-15(2)14-23-17-9-5-4-6-10-17/h3-11,13,15H,1,12,14H2,2H3,(H2,20,21,24)/t15-/m1/s1. The molecule has 1 atom stereocenters. The van der Waals surface area contributed by atoms with Gasteiger partial charge in [0.2, 0.25) is 0 Å². The number of hydrogen-bond acceptors (Lipinski definition) is 3. The molecule has 24 heavy (non-hydrogen) atoms. The molecular weight excluding hydrogens is 320 g/mol. The van der Waals surface area contributed by atoms with Gasteiger partial charge in [-0.2, -0.15) is 0 Å². The minimum absolute atomic E-state index is 0.0744. The van der Waals surface area contributed by atoms with E-state index in [4.69, 9.17) is 21.7 Å². The third kappa shape index (κ3) is 6.30. The molecule has 0 fully saturated rings. The molecule has 0 saturated heterocycles. The van der Waals surface area contributed by atoms with Gasteiger partial charge in [-0.15, -0.1) is 0 Å². The van der Waals surface area contributed by atoms with Crippen molar-refractivity contribution in [3.8, 4) is 11.5 Å². The Bertz CT molecular complexity index is 661. The summed E-state index contributed by atoms with van der Waals surface area (Å²) >= 11 is 5.34. The van der Waals surface area contributed by atoms with Crippen molar-refractivity contribution in [3.63, 3.8) is 0 Å². The number of hydrogen-bond donors (Lipinski definition) is 2. The highest BCUT2D eigenvalue weighted by molar-refractivity contribution is 7.80. The first-order valence-corrected chi connectivity index (χ1v) is 8.17. The van der Waals surface area contributed by atoms with Gasteiger partial charge in [-0.1, -0.05) is 36.9 Å². The maximum absolute atomic E-state index is 5.70. The summed E-state index contributed by atoms with van der Waals surface area (Å²) in [6.45, 7) is 6.64. The van der Waals surface area contributed by atoms with Crippen molar-refractivity contribution in [2.75, 3.05) is 18.5 Å². The van der Waals surface area contributed by atoms with Crippen molar-refractivity contribution in [1.29, 1.82) is 0 Å². The van der Waals surface area contributed by atoms with Crippen LogP contribution >= 0.6 is 12.2 Å². The second-order valence-electron chi connectivity index (χ2n) is 5.25. The number of benzene rings is 2. The fourth-order valence-electron chi connectivity index (χ4n) is 1.99. The number of thiocarbonyl (C=S) groups is 1. The van der Waals surface area contributed by atoms with Crippen LogP contribution in [0.15, 0.2) is 67.3 Å². The molecule has 0 aliphatic heterocycles. The normalized spacial score (nSPS) is 11.2. The summed E-state index contributed by atoms with van der Waals surface area (Å²) in [5.74, 6) is 1.61. The van der Waals surface area contributed by atoms with Crippen LogP contribution in [0.1, 0.15) is 6.92 Å². The smallest absolute Gasteiger partial charge is 0.171 e. The Balaban J connectivity index is 1.78. The van der Waals surface area contributed by atoms with E-state index in [-0.39, 0.29) is 6.04 Å². The number of ether oxygens (including phenoxy) is 2. The molecule has 0 spiro atoms. The maximum atomic E-state index is 5.70. The van der Waals surface area contributed by atoms with E-state index in [0.29, 0.717) is 18.3 Å². The van der Waals surface area contributed by atoms with E-state index in [1.165, 1.54) is 0 Å². The molecule has 0 bridgehead atoms. The van der Waals surface area contributed by atoms with Crippen LogP contribution in [0.5, 0.6) is 11.5 Å². The molecule has 126 valence electrons. The Hall–Kier alpha value is -2.53. The van der Waals surface area contributed by atoms with Crippen molar-refractivity contribution >= 4 is 23.0 Å². The van der Waals surface area contributed by atoms with Gasteiger partial charge < -0.3 is 20.1 Å². The van der Waals surface area contributed by atoms with Crippen LogP contribution in [-0.4, -0.2) is 24.4 Å². The molecule has 2 rings (SSSR count). The van der Waals surface area contributed by atoms with E-state index in [9.17, 15) is 0 Å². The van der Waals surface area contributed by atoms with E-state index in [1.54, 1.807) is 6.08 Å². The zero-order chi connectivity index (χ0) is 17.2. The van der Waals surface area contributed by atoms with Gasteiger partial charge in [-0.25, -0.2) is 0 Å². The van der Waals surface area contributed by atoms with Crippen LogP contribution in [0.3, 0.4) is 0 Å². The number of para-hydroxylation sites is 1. The minimum Gasteiger partial charge on any atom is -0.491 e. The van der Waals surface area contributed by atoms with Crippen LogP contribution in [0.4, 0.5) is 5.69 Å². The van der Waals surface area contributed by atoms with Gasteiger partial charge >= 0.3 is 0 Å². The first-order chi connectivity index (χ1) is 11.7. The molecule has 0 heterocycles. The zero-order valence-corrected chi connectivity index (χ0v) is 14.5. The molecule has 2 aromatic carbocycles. The average molecular weight is 342 g/mol. The third-order valence-corrected chi connectivity index (χ3v) is 3.30. The minimum atomic E-state index is 0.0744. The van der Waals surface area contributed by atoms with E-state index < -0.39 is 0 Å². The lowest BCUT2D eigenvalue weighted by Crippen LogP contribution is -2.39. The predicted octanol–water partition coefficient (Wildman–Crippen LogP) is 4.01. The van der Waals surface area contributed by atoms with Crippen LogP contribution in [0, 0.1) is 0 Å². The SMILES string of the molecule is C=CCOc1cccc(NC(=S)N[C@H](C)COc2ccccc2)c1. The van der Waals surface area contributed by atoms with Crippen molar-refractivity contribution in [2.24, 2.45) is 0 Å². The highest BCUT2D eigenvalue weighted by Gasteiger charge is 2.06. The molecule has 0 unspecified atom stereocenters. The average Bonchev–Trinajstić information content (AvgIpc) is 2.59. The fraction of sp³-hybridized carbons (Fsp3) is 0.211. The summed E-state index contributed by atoms with van der Waals surface area (Å²) in [7, 11) is 0. The molecule has 0 aliphatic carbocycles. The Morgan fingerprint density at radius 2 is 1.88 bits per heavy atom. The number of nitrogens with one attached hydrogen (secondary N) is 2. The van der Waals surface area contributed by atoms with Crippen molar-refractivity contribution in [1.82, 2.24) is 5.32 Å². The summed E-state index contributed by atoms with van der Waals surface area (Å²) in [6, 6.07) is 17.4. The van der Waals surface area contributed by atoms with Crippen molar-refractivity contribution < 1.29 is 9.47 Å². The highest BCUT2D eigenvalue weighted by Crippen LogP contribution is 2.17. The second kappa shape index (κ2) is 9.57. The topological polar surface area (TPSA) is 42.5 Å². The first kappa shape index (κ1) is 17.8. The van der Waals surface area contributed by atoms with Crippen LogP contribution in [0.25, 0.3) is 0 Å². The van der Waals surface area contributed by atoms with Gasteiger partial charge in [0.15, 0.2) is 5.11 Å². The number of anilines is 1. The van der Waals surface area contributed by atoms with E-state index in [1.807, 2.05) is 61.5 Å². The van der Waals surface area contributed by atoms with Crippen LogP contribution < -0.4 is 20.1 Å². The molecule has 0 aromatic heterocycles. The van der Waals surface area contributed by atoms with Gasteiger partial charge in [0.1, 0.15) is 24.7 Å². The van der Waals surface area contributed by atoms with Crippen LogP contribution in [0.2, 0.25) is 0 Å². The summed E-state index contributed by atoms with van der Waals surface area (Å²) in [5.41, 5.74) is 0.866. The zero-order valence-electron chi connectivity index (χ0n) is 13.7. The van der Waals surface area contributed by atoms with Crippen LogP contribution in [-0.2, 0) is 0 Å². The van der Waals surface area contributed by atoms with Crippen molar-refractivity contribution in [3.05, 3.63) is 67.3 Å². The Morgan fingerprint density at radius 1 is 1.12 bits per heavy atom. The van der Waals surface area contributed by atoms with Gasteiger partial charge in [0.25, 0.3) is 0 Å². The van der Waals surface area contributed by atoms with Gasteiger partial charge in [-0.3, -0.25) is 0 Å². The maximum Gasteiger partial charge on any atom is 0.171 e. The Kier molecular flexibility index (Phi) is 7.11.